The number of halogens is 1. The lowest BCUT2D eigenvalue weighted by atomic mass is 9.61. The standard InChI is InChI=1S/C26H34ClNO5/c1-15(11-12-26(5)16(2)8-10-21(29)18(26)4)7-9-19-24(32)20(13-28-14-22(30)31)17(3)23(27)25(19)33-6/h7,11-13,16,18,32H,8-10,14H2,1-6H3,(H,30,31)/b12-11+,15-7+,28-13-/t16-,18+,26+/m1/s1. The number of allylic oxidation sites excluding steroid dienone is 4. The molecule has 0 saturated heterocycles. The molecule has 2 rings (SSSR count). The van der Waals surface area contributed by atoms with Gasteiger partial charge in [-0.3, -0.25) is 14.6 Å². The number of aliphatic imine (C=N–C) groups is 1. The van der Waals surface area contributed by atoms with Crippen molar-refractivity contribution in [2.45, 2.75) is 53.9 Å². The van der Waals surface area contributed by atoms with Crippen LogP contribution in [0.4, 0.5) is 0 Å². The van der Waals surface area contributed by atoms with E-state index in [1.165, 1.54) is 13.3 Å². The van der Waals surface area contributed by atoms with E-state index in [0.717, 1.165) is 12.0 Å². The number of methoxy groups -OCH3 is 1. The fourth-order valence-corrected chi connectivity index (χ4v) is 4.55. The molecule has 0 unspecified atom stereocenters. The molecule has 1 aromatic carbocycles. The summed E-state index contributed by atoms with van der Waals surface area (Å²) >= 11 is 6.48. The van der Waals surface area contributed by atoms with Crippen molar-refractivity contribution in [3.05, 3.63) is 45.5 Å². The number of nitrogens with zero attached hydrogens (tertiary/aromatic N) is 1. The molecule has 0 aliphatic heterocycles. The van der Waals surface area contributed by atoms with Gasteiger partial charge < -0.3 is 14.9 Å². The molecule has 3 atom stereocenters. The molecule has 0 aromatic heterocycles. The van der Waals surface area contributed by atoms with Crippen molar-refractivity contribution in [1.29, 1.82) is 0 Å². The highest BCUT2D eigenvalue weighted by atomic mass is 35.5. The second-order valence-corrected chi connectivity index (χ2v) is 9.43. The molecule has 33 heavy (non-hydrogen) atoms. The monoisotopic (exact) mass is 475 g/mol. The number of phenols is 1. The van der Waals surface area contributed by atoms with E-state index in [9.17, 15) is 14.7 Å². The Kier molecular flexibility index (Phi) is 8.89. The smallest absolute Gasteiger partial charge is 0.325 e. The summed E-state index contributed by atoms with van der Waals surface area (Å²) in [7, 11) is 1.49. The summed E-state index contributed by atoms with van der Waals surface area (Å²) in [5.74, 6) is -0.0430. The van der Waals surface area contributed by atoms with Gasteiger partial charge in [0.25, 0.3) is 0 Å². The minimum absolute atomic E-state index is 0.0296. The average Bonchev–Trinajstić information content (AvgIpc) is 2.77. The molecule has 1 saturated carbocycles. The van der Waals surface area contributed by atoms with Gasteiger partial charge in [-0.2, -0.15) is 0 Å². The van der Waals surface area contributed by atoms with Gasteiger partial charge in [-0.15, -0.1) is 0 Å². The first-order chi connectivity index (χ1) is 15.4. The van der Waals surface area contributed by atoms with E-state index < -0.39 is 12.5 Å². The molecule has 1 aromatic rings. The predicted octanol–water partition coefficient (Wildman–Crippen LogP) is 5.55. The van der Waals surface area contributed by atoms with Gasteiger partial charge in [-0.25, -0.2) is 0 Å². The van der Waals surface area contributed by atoms with Crippen LogP contribution in [-0.2, 0) is 16.0 Å². The van der Waals surface area contributed by atoms with Crippen LogP contribution in [0, 0.1) is 24.2 Å². The highest BCUT2D eigenvalue weighted by molar-refractivity contribution is 6.33. The molecule has 1 aliphatic rings. The summed E-state index contributed by atoms with van der Waals surface area (Å²) in [6.07, 6.45) is 9.34. The molecule has 0 heterocycles. The lowest BCUT2D eigenvalue weighted by molar-refractivity contribution is -0.135. The zero-order chi connectivity index (χ0) is 24.9. The van der Waals surface area contributed by atoms with E-state index >= 15 is 0 Å². The summed E-state index contributed by atoms with van der Waals surface area (Å²) in [4.78, 5) is 26.9. The Bertz CT molecular complexity index is 1010. The molecule has 0 radical (unpaired) electrons. The van der Waals surface area contributed by atoms with Crippen LogP contribution in [0.25, 0.3) is 0 Å². The molecule has 0 bridgehead atoms. The number of aliphatic carboxylic acids is 1. The molecular weight excluding hydrogens is 442 g/mol. The Hall–Kier alpha value is -2.60. The van der Waals surface area contributed by atoms with Gasteiger partial charge >= 0.3 is 5.97 Å². The number of ketones is 1. The second kappa shape index (κ2) is 11.0. The Balaban J connectivity index is 2.36. The third-order valence-corrected chi connectivity index (χ3v) is 7.49. The molecular formula is C26H34ClNO5. The largest absolute Gasteiger partial charge is 0.507 e. The Morgan fingerprint density at radius 2 is 2.03 bits per heavy atom. The van der Waals surface area contributed by atoms with E-state index in [4.69, 9.17) is 21.4 Å². The summed E-state index contributed by atoms with van der Waals surface area (Å²) < 4.78 is 5.46. The minimum Gasteiger partial charge on any atom is -0.507 e. The molecule has 180 valence electrons. The summed E-state index contributed by atoms with van der Waals surface area (Å²) in [5, 5.41) is 20.1. The van der Waals surface area contributed by atoms with Crippen LogP contribution in [0.15, 0.2) is 28.8 Å². The van der Waals surface area contributed by atoms with E-state index in [1.54, 1.807) is 6.92 Å². The van der Waals surface area contributed by atoms with Gasteiger partial charge in [0.1, 0.15) is 23.8 Å². The topological polar surface area (TPSA) is 96.2 Å². The van der Waals surface area contributed by atoms with Crippen LogP contribution in [0.1, 0.15) is 57.2 Å². The summed E-state index contributed by atoms with van der Waals surface area (Å²) in [6, 6.07) is 0. The highest BCUT2D eigenvalue weighted by Gasteiger charge is 2.41. The molecule has 0 spiro atoms. The number of carbonyl (C=O) groups excluding carboxylic acids is 1. The number of hydrogen-bond acceptors (Lipinski definition) is 5. The molecule has 0 amide bonds. The lowest BCUT2D eigenvalue weighted by Gasteiger charge is -2.42. The molecule has 2 N–H and O–H groups in total. The average molecular weight is 476 g/mol. The van der Waals surface area contributed by atoms with Crippen molar-refractivity contribution in [2.75, 3.05) is 13.7 Å². The molecule has 7 heteroatoms. The first-order valence-corrected chi connectivity index (χ1v) is 11.5. The first-order valence-electron chi connectivity index (χ1n) is 11.1. The van der Waals surface area contributed by atoms with Gasteiger partial charge in [0.2, 0.25) is 0 Å². The highest BCUT2D eigenvalue weighted by Crippen LogP contribution is 2.45. The second-order valence-electron chi connectivity index (χ2n) is 9.06. The Labute approximate surface area is 201 Å². The number of carboxylic acids is 1. The van der Waals surface area contributed by atoms with Crippen molar-refractivity contribution >= 4 is 29.6 Å². The number of carbonyl (C=O) groups is 2. The fraction of sp³-hybridized carbons (Fsp3) is 0.500. The minimum atomic E-state index is -1.06. The van der Waals surface area contributed by atoms with E-state index in [2.05, 4.69) is 24.9 Å². The fourth-order valence-electron chi connectivity index (χ4n) is 4.25. The maximum Gasteiger partial charge on any atom is 0.325 e. The number of ether oxygens (including phenoxy) is 1. The van der Waals surface area contributed by atoms with Gasteiger partial charge in [-0.1, -0.05) is 56.2 Å². The number of rotatable bonds is 8. The zero-order valence-electron chi connectivity index (χ0n) is 20.2. The third-order valence-electron chi connectivity index (χ3n) is 7.03. The number of carboxylic acid groups (broad SMARTS) is 1. The van der Waals surface area contributed by atoms with Crippen LogP contribution < -0.4 is 4.74 Å². The zero-order valence-corrected chi connectivity index (χ0v) is 21.0. The number of aromatic hydroxyl groups is 1. The van der Waals surface area contributed by atoms with Crippen molar-refractivity contribution in [3.8, 4) is 11.5 Å². The van der Waals surface area contributed by atoms with Gasteiger partial charge in [-0.05, 0) is 43.6 Å². The van der Waals surface area contributed by atoms with Crippen LogP contribution in [0.2, 0.25) is 5.02 Å². The van der Waals surface area contributed by atoms with Crippen LogP contribution in [0.3, 0.4) is 0 Å². The van der Waals surface area contributed by atoms with Crippen molar-refractivity contribution in [2.24, 2.45) is 22.2 Å². The predicted molar refractivity (Wildman–Crippen MR) is 132 cm³/mol. The van der Waals surface area contributed by atoms with Gasteiger partial charge in [0.15, 0.2) is 0 Å². The van der Waals surface area contributed by atoms with Gasteiger partial charge in [0.05, 0.1) is 12.1 Å². The summed E-state index contributed by atoms with van der Waals surface area (Å²) in [5.41, 5.74) is 2.20. The molecule has 1 fully saturated rings. The van der Waals surface area contributed by atoms with Crippen molar-refractivity contribution < 1.29 is 24.5 Å². The maximum atomic E-state index is 12.3. The maximum absolute atomic E-state index is 12.3. The third kappa shape index (κ3) is 5.85. The number of hydrogen-bond donors (Lipinski definition) is 2. The normalized spacial score (nSPS) is 24.1. The summed E-state index contributed by atoms with van der Waals surface area (Å²) in [6.45, 7) is 9.62. The SMILES string of the molecule is COc1c(Cl)c(C)c(/C=N\CC(=O)O)c(O)c1C/C=C(C)/C=C/[C@@]1(C)[C@H](C)CCC(=O)[C@@H]1C. The van der Waals surface area contributed by atoms with Crippen molar-refractivity contribution in [1.82, 2.24) is 0 Å². The lowest BCUT2D eigenvalue weighted by Crippen LogP contribution is -2.40. The quantitative estimate of drug-likeness (QED) is 0.379. The molecule has 1 aliphatic carbocycles. The van der Waals surface area contributed by atoms with E-state index in [0.29, 0.717) is 52.0 Å². The Morgan fingerprint density at radius 3 is 2.64 bits per heavy atom. The van der Waals surface area contributed by atoms with Crippen LogP contribution in [-0.4, -0.2) is 41.8 Å². The van der Waals surface area contributed by atoms with Crippen molar-refractivity contribution in [3.63, 3.8) is 0 Å². The number of Topliss-reactive ketones (excluding diaryl/α,β-unsaturated/α-hetero) is 1. The van der Waals surface area contributed by atoms with Gasteiger partial charge in [0, 0.05) is 29.7 Å². The van der Waals surface area contributed by atoms with E-state index in [-0.39, 0.29) is 17.1 Å². The van der Waals surface area contributed by atoms with E-state index in [1.807, 2.05) is 26.0 Å². The Morgan fingerprint density at radius 1 is 1.36 bits per heavy atom. The number of phenolic OH excluding ortho intramolecular Hbond substituents is 1. The molecule has 6 nitrogen and oxygen atoms in total. The van der Waals surface area contributed by atoms with Crippen LogP contribution >= 0.6 is 11.6 Å². The van der Waals surface area contributed by atoms with Crippen LogP contribution in [0.5, 0.6) is 11.5 Å². The number of benzene rings is 1. The first kappa shape index (κ1) is 26.7.